The standard InChI is InChI=1S/C12H17IN2O2S2/c1-6-7(2)19-9(5-18-6)11-14-8(4-17-3)10(13)12(16)15-11/h6-7,9H,4-5H2,1-3H3,(H,14,15,16). The number of methoxy groups -OCH3 is 1. The lowest BCUT2D eigenvalue weighted by Crippen LogP contribution is -2.26. The summed E-state index contributed by atoms with van der Waals surface area (Å²) >= 11 is 5.86. The van der Waals surface area contributed by atoms with E-state index in [4.69, 9.17) is 4.74 Å². The minimum absolute atomic E-state index is 0.0606. The van der Waals surface area contributed by atoms with Gasteiger partial charge in [0.25, 0.3) is 5.56 Å². The number of aromatic amines is 1. The molecule has 2 heterocycles. The van der Waals surface area contributed by atoms with Gasteiger partial charge >= 0.3 is 0 Å². The third-order valence-electron chi connectivity index (χ3n) is 3.09. The molecule has 1 aliphatic heterocycles. The smallest absolute Gasteiger partial charge is 0.264 e. The van der Waals surface area contributed by atoms with Gasteiger partial charge in [0, 0.05) is 23.4 Å². The van der Waals surface area contributed by atoms with Crippen molar-refractivity contribution in [2.24, 2.45) is 0 Å². The Morgan fingerprint density at radius 3 is 2.84 bits per heavy atom. The largest absolute Gasteiger partial charge is 0.378 e. The van der Waals surface area contributed by atoms with E-state index >= 15 is 0 Å². The van der Waals surface area contributed by atoms with E-state index in [1.807, 2.05) is 46.1 Å². The average Bonchev–Trinajstić information content (AvgIpc) is 2.38. The molecule has 0 bridgehead atoms. The van der Waals surface area contributed by atoms with Gasteiger partial charge < -0.3 is 9.72 Å². The van der Waals surface area contributed by atoms with E-state index in [2.05, 4.69) is 23.8 Å². The maximum absolute atomic E-state index is 11.9. The van der Waals surface area contributed by atoms with Crippen LogP contribution in [0.3, 0.4) is 0 Å². The Morgan fingerprint density at radius 1 is 1.47 bits per heavy atom. The Kier molecular flexibility index (Phi) is 5.62. The second-order valence-electron chi connectivity index (χ2n) is 4.51. The molecule has 1 N–H and O–H groups in total. The van der Waals surface area contributed by atoms with Gasteiger partial charge in [-0.15, -0.1) is 11.8 Å². The normalized spacial score (nSPS) is 27.5. The van der Waals surface area contributed by atoms with Crippen molar-refractivity contribution in [3.8, 4) is 0 Å². The molecule has 0 spiro atoms. The molecular weight excluding hydrogens is 395 g/mol. The summed E-state index contributed by atoms with van der Waals surface area (Å²) in [6, 6.07) is 0. The summed E-state index contributed by atoms with van der Waals surface area (Å²) in [5.41, 5.74) is 0.674. The van der Waals surface area contributed by atoms with Gasteiger partial charge in [-0.2, -0.15) is 11.8 Å². The lowest BCUT2D eigenvalue weighted by Gasteiger charge is -2.30. The quantitative estimate of drug-likeness (QED) is 0.774. The van der Waals surface area contributed by atoms with Gasteiger partial charge in [0.1, 0.15) is 9.39 Å². The van der Waals surface area contributed by atoms with E-state index in [0.717, 1.165) is 17.3 Å². The van der Waals surface area contributed by atoms with E-state index in [9.17, 15) is 4.79 Å². The van der Waals surface area contributed by atoms with Crippen LogP contribution in [0.25, 0.3) is 0 Å². The number of rotatable bonds is 3. The molecule has 106 valence electrons. The molecule has 1 aliphatic rings. The Hall–Kier alpha value is 0.270. The molecule has 0 saturated carbocycles. The molecule has 0 aromatic carbocycles. The molecule has 1 fully saturated rings. The lowest BCUT2D eigenvalue weighted by atomic mass is 10.3. The maximum Gasteiger partial charge on any atom is 0.264 e. The highest BCUT2D eigenvalue weighted by molar-refractivity contribution is 14.1. The van der Waals surface area contributed by atoms with Gasteiger partial charge in [-0.3, -0.25) is 4.79 Å². The number of thioether (sulfide) groups is 2. The van der Waals surface area contributed by atoms with E-state index in [-0.39, 0.29) is 10.8 Å². The van der Waals surface area contributed by atoms with Crippen molar-refractivity contribution in [3.05, 3.63) is 25.4 Å². The number of hydrogen-bond donors (Lipinski definition) is 1. The van der Waals surface area contributed by atoms with Crippen LogP contribution in [-0.4, -0.2) is 33.3 Å². The second-order valence-corrected chi connectivity index (χ2v) is 8.59. The number of halogens is 1. The van der Waals surface area contributed by atoms with Crippen molar-refractivity contribution in [1.82, 2.24) is 9.97 Å². The Labute approximate surface area is 135 Å². The van der Waals surface area contributed by atoms with Crippen LogP contribution in [0.2, 0.25) is 0 Å². The molecule has 3 atom stereocenters. The molecule has 3 unspecified atom stereocenters. The SMILES string of the molecule is COCc1nc(C2CSC(C)C(C)S2)[nH]c(=O)c1I. The minimum Gasteiger partial charge on any atom is -0.378 e. The van der Waals surface area contributed by atoms with E-state index in [1.54, 1.807) is 7.11 Å². The first-order valence-corrected chi connectivity index (χ1v) is 9.14. The topological polar surface area (TPSA) is 55.0 Å². The van der Waals surface area contributed by atoms with Crippen LogP contribution in [0.5, 0.6) is 0 Å². The van der Waals surface area contributed by atoms with E-state index < -0.39 is 0 Å². The highest BCUT2D eigenvalue weighted by Gasteiger charge is 2.28. The van der Waals surface area contributed by atoms with E-state index in [1.165, 1.54) is 0 Å². The first-order chi connectivity index (χ1) is 9.02. The molecule has 0 radical (unpaired) electrons. The first kappa shape index (κ1) is 15.7. The predicted octanol–water partition coefficient (Wildman–Crippen LogP) is 2.82. The first-order valence-electron chi connectivity index (χ1n) is 6.07. The fourth-order valence-corrected chi connectivity index (χ4v) is 5.11. The number of aromatic nitrogens is 2. The van der Waals surface area contributed by atoms with Gasteiger partial charge in [-0.05, 0) is 22.6 Å². The third-order valence-corrected chi connectivity index (χ3v) is 7.60. The monoisotopic (exact) mass is 412 g/mol. The molecule has 1 saturated heterocycles. The summed E-state index contributed by atoms with van der Waals surface area (Å²) < 4.78 is 5.74. The van der Waals surface area contributed by atoms with Gasteiger partial charge in [0.15, 0.2) is 0 Å². The molecule has 1 aromatic rings. The fraction of sp³-hybridized carbons (Fsp3) is 0.667. The van der Waals surface area contributed by atoms with Crippen LogP contribution in [0.1, 0.15) is 30.6 Å². The lowest BCUT2D eigenvalue weighted by molar-refractivity contribution is 0.180. The van der Waals surface area contributed by atoms with Crippen molar-refractivity contribution in [2.45, 2.75) is 36.2 Å². The van der Waals surface area contributed by atoms with Gasteiger partial charge in [0.05, 0.1) is 17.6 Å². The Bertz CT molecular complexity index is 509. The second kappa shape index (κ2) is 6.82. The average molecular weight is 412 g/mol. The van der Waals surface area contributed by atoms with Crippen LogP contribution in [0.4, 0.5) is 0 Å². The van der Waals surface area contributed by atoms with Crippen molar-refractivity contribution in [2.75, 3.05) is 12.9 Å². The van der Waals surface area contributed by atoms with Crippen molar-refractivity contribution in [3.63, 3.8) is 0 Å². The molecule has 4 nitrogen and oxygen atoms in total. The molecule has 2 rings (SSSR count). The fourth-order valence-electron chi connectivity index (χ4n) is 1.84. The summed E-state index contributed by atoms with van der Waals surface area (Å²) in [5, 5.41) is 1.48. The molecule has 0 aliphatic carbocycles. The number of hydrogen-bond acceptors (Lipinski definition) is 5. The molecular formula is C12H17IN2O2S2. The molecule has 0 amide bonds. The van der Waals surface area contributed by atoms with Crippen LogP contribution < -0.4 is 5.56 Å². The highest BCUT2D eigenvalue weighted by atomic mass is 127. The molecule has 1 aromatic heterocycles. The zero-order valence-electron chi connectivity index (χ0n) is 11.1. The van der Waals surface area contributed by atoms with Crippen LogP contribution in [0, 0.1) is 3.57 Å². The Balaban J connectivity index is 2.27. The number of ether oxygens (including phenoxy) is 1. The van der Waals surface area contributed by atoms with Crippen molar-refractivity contribution in [1.29, 1.82) is 0 Å². The molecule has 7 heteroatoms. The summed E-state index contributed by atoms with van der Waals surface area (Å²) in [6.07, 6.45) is 0. The van der Waals surface area contributed by atoms with Crippen molar-refractivity contribution >= 4 is 46.1 Å². The summed E-state index contributed by atoms with van der Waals surface area (Å²) in [6.45, 7) is 4.86. The van der Waals surface area contributed by atoms with Gasteiger partial charge in [-0.25, -0.2) is 4.98 Å². The predicted molar refractivity (Wildman–Crippen MR) is 90.0 cm³/mol. The summed E-state index contributed by atoms with van der Waals surface area (Å²) in [4.78, 5) is 19.4. The van der Waals surface area contributed by atoms with Crippen LogP contribution in [0.15, 0.2) is 4.79 Å². The van der Waals surface area contributed by atoms with Crippen molar-refractivity contribution < 1.29 is 4.74 Å². The third kappa shape index (κ3) is 3.68. The number of nitrogens with one attached hydrogen (secondary N) is 1. The van der Waals surface area contributed by atoms with Crippen LogP contribution >= 0.6 is 46.1 Å². The highest BCUT2D eigenvalue weighted by Crippen LogP contribution is 2.43. The number of nitrogens with zero attached hydrogens (tertiary/aromatic N) is 1. The van der Waals surface area contributed by atoms with Gasteiger partial charge in [-0.1, -0.05) is 13.8 Å². The van der Waals surface area contributed by atoms with Crippen LogP contribution in [-0.2, 0) is 11.3 Å². The Morgan fingerprint density at radius 2 is 2.21 bits per heavy atom. The maximum atomic E-state index is 11.9. The minimum atomic E-state index is -0.0606. The summed E-state index contributed by atoms with van der Waals surface area (Å²) in [7, 11) is 1.62. The zero-order chi connectivity index (χ0) is 14.0. The zero-order valence-corrected chi connectivity index (χ0v) is 14.9. The summed E-state index contributed by atoms with van der Waals surface area (Å²) in [5.74, 6) is 1.78. The van der Waals surface area contributed by atoms with Gasteiger partial charge in [0.2, 0.25) is 0 Å². The van der Waals surface area contributed by atoms with E-state index in [0.29, 0.717) is 20.7 Å². The molecule has 19 heavy (non-hydrogen) atoms. The number of H-pyrrole nitrogens is 1.